The van der Waals surface area contributed by atoms with Crippen molar-refractivity contribution in [1.82, 2.24) is 0 Å². The number of hydrogen-bond donors (Lipinski definition) is 0. The van der Waals surface area contributed by atoms with Crippen LogP contribution in [0.3, 0.4) is 0 Å². The molecule has 110 valence electrons. The Morgan fingerprint density at radius 3 is 2.64 bits per heavy atom. The van der Waals surface area contributed by atoms with Crippen LogP contribution in [0.2, 0.25) is 0 Å². The van der Waals surface area contributed by atoms with Gasteiger partial charge in [0.15, 0.2) is 0 Å². The van der Waals surface area contributed by atoms with E-state index in [4.69, 9.17) is 14.7 Å². The smallest absolute Gasteiger partial charge is 0.321 e. The third-order valence-corrected chi connectivity index (χ3v) is 3.88. The van der Waals surface area contributed by atoms with Crippen LogP contribution in [0.4, 0.5) is 0 Å². The first-order valence-electron chi connectivity index (χ1n) is 7.04. The largest absolute Gasteiger partial charge is 0.425 e. The minimum absolute atomic E-state index is 0.197. The van der Waals surface area contributed by atoms with Gasteiger partial charge < -0.3 is 9.47 Å². The molecule has 0 aromatic heterocycles. The van der Waals surface area contributed by atoms with Gasteiger partial charge in [0.25, 0.3) is 0 Å². The maximum Gasteiger partial charge on any atom is 0.321 e. The second-order valence-corrected chi connectivity index (χ2v) is 5.14. The molecule has 0 saturated heterocycles. The fourth-order valence-electron chi connectivity index (χ4n) is 2.88. The third kappa shape index (κ3) is 2.36. The molecule has 2 aromatic carbocycles. The van der Waals surface area contributed by atoms with Crippen LogP contribution in [0.25, 0.3) is 0 Å². The van der Waals surface area contributed by atoms with Crippen molar-refractivity contribution < 1.29 is 14.3 Å². The molecule has 0 amide bonds. The number of nitrogens with zero attached hydrogens (tertiary/aromatic N) is 1. The number of methoxy groups -OCH3 is 1. The standard InChI is InChI=1S/C18H15NO3/c1-21-17-14-9-5-8-13(10-11-19)16(14)22-18(20)15(17)12-6-3-2-4-7-12/h2-9,15,17H,10H2,1H3. The van der Waals surface area contributed by atoms with E-state index in [9.17, 15) is 4.79 Å². The number of nitriles is 1. The molecule has 0 fully saturated rings. The van der Waals surface area contributed by atoms with E-state index in [-0.39, 0.29) is 12.4 Å². The zero-order valence-corrected chi connectivity index (χ0v) is 12.2. The summed E-state index contributed by atoms with van der Waals surface area (Å²) in [6, 6.07) is 17.1. The molecular weight excluding hydrogens is 278 g/mol. The summed E-state index contributed by atoms with van der Waals surface area (Å²) < 4.78 is 11.1. The SMILES string of the molecule is COC1c2cccc(CC#N)c2OC(=O)C1c1ccccc1. The highest BCUT2D eigenvalue weighted by atomic mass is 16.5. The highest BCUT2D eigenvalue weighted by Crippen LogP contribution is 2.44. The molecule has 2 aromatic rings. The molecule has 1 heterocycles. The van der Waals surface area contributed by atoms with E-state index >= 15 is 0 Å². The molecule has 0 N–H and O–H groups in total. The lowest BCUT2D eigenvalue weighted by Crippen LogP contribution is -2.31. The van der Waals surface area contributed by atoms with Crippen LogP contribution < -0.4 is 4.74 Å². The van der Waals surface area contributed by atoms with Crippen molar-refractivity contribution in [2.45, 2.75) is 18.4 Å². The first kappa shape index (κ1) is 14.3. The summed E-state index contributed by atoms with van der Waals surface area (Å²) in [6.45, 7) is 0. The average Bonchev–Trinajstić information content (AvgIpc) is 2.55. The van der Waals surface area contributed by atoms with Crippen LogP contribution in [0, 0.1) is 11.3 Å². The van der Waals surface area contributed by atoms with Crippen LogP contribution in [-0.4, -0.2) is 13.1 Å². The van der Waals surface area contributed by atoms with Crippen LogP contribution in [0.1, 0.15) is 28.7 Å². The van der Waals surface area contributed by atoms with Gasteiger partial charge in [-0.15, -0.1) is 0 Å². The van der Waals surface area contributed by atoms with E-state index in [1.54, 1.807) is 13.2 Å². The Morgan fingerprint density at radius 2 is 1.95 bits per heavy atom. The lowest BCUT2D eigenvalue weighted by molar-refractivity contribution is -0.142. The average molecular weight is 293 g/mol. The number of benzene rings is 2. The molecule has 4 nitrogen and oxygen atoms in total. The molecule has 22 heavy (non-hydrogen) atoms. The number of para-hydroxylation sites is 1. The summed E-state index contributed by atoms with van der Waals surface area (Å²) in [5.41, 5.74) is 2.38. The van der Waals surface area contributed by atoms with Gasteiger partial charge in [0.2, 0.25) is 0 Å². The van der Waals surface area contributed by atoms with E-state index in [1.165, 1.54) is 0 Å². The van der Waals surface area contributed by atoms with Crippen molar-refractivity contribution in [3.63, 3.8) is 0 Å². The lowest BCUT2D eigenvalue weighted by Gasteiger charge is -2.32. The number of carbonyl (C=O) groups is 1. The van der Waals surface area contributed by atoms with E-state index in [0.717, 1.165) is 11.1 Å². The summed E-state index contributed by atoms with van der Waals surface area (Å²) in [6.07, 6.45) is -0.222. The van der Waals surface area contributed by atoms with Crippen LogP contribution in [0.5, 0.6) is 5.75 Å². The molecule has 0 radical (unpaired) electrons. The first-order chi connectivity index (χ1) is 10.8. The Bertz CT molecular complexity index is 734. The normalized spacial score (nSPS) is 19.9. The quantitative estimate of drug-likeness (QED) is 0.644. The summed E-state index contributed by atoms with van der Waals surface area (Å²) in [5, 5.41) is 8.92. The van der Waals surface area contributed by atoms with E-state index < -0.39 is 12.0 Å². The molecule has 0 bridgehead atoms. The number of esters is 1. The molecule has 0 spiro atoms. The Kier molecular flexibility index (Phi) is 3.90. The molecule has 0 aliphatic carbocycles. The monoisotopic (exact) mass is 293 g/mol. The minimum Gasteiger partial charge on any atom is -0.425 e. The zero-order chi connectivity index (χ0) is 15.5. The van der Waals surface area contributed by atoms with Crippen molar-refractivity contribution in [2.24, 2.45) is 0 Å². The van der Waals surface area contributed by atoms with E-state index in [2.05, 4.69) is 6.07 Å². The zero-order valence-electron chi connectivity index (χ0n) is 12.2. The molecule has 4 heteroatoms. The minimum atomic E-state index is -0.504. The summed E-state index contributed by atoms with van der Waals surface area (Å²) >= 11 is 0. The Morgan fingerprint density at radius 1 is 1.18 bits per heavy atom. The molecule has 1 aliphatic heterocycles. The van der Waals surface area contributed by atoms with E-state index in [1.807, 2.05) is 42.5 Å². The fourth-order valence-corrected chi connectivity index (χ4v) is 2.88. The van der Waals surface area contributed by atoms with Gasteiger partial charge in [-0.2, -0.15) is 5.26 Å². The van der Waals surface area contributed by atoms with Crippen LogP contribution >= 0.6 is 0 Å². The summed E-state index contributed by atoms with van der Waals surface area (Å²) in [4.78, 5) is 12.5. The van der Waals surface area contributed by atoms with Crippen molar-refractivity contribution in [1.29, 1.82) is 5.26 Å². The van der Waals surface area contributed by atoms with Gasteiger partial charge in [0.1, 0.15) is 17.8 Å². The number of ether oxygens (including phenoxy) is 2. The van der Waals surface area contributed by atoms with Crippen molar-refractivity contribution in [3.05, 3.63) is 65.2 Å². The molecule has 2 unspecified atom stereocenters. The maximum atomic E-state index is 12.5. The number of hydrogen-bond acceptors (Lipinski definition) is 4. The molecule has 1 aliphatic rings. The van der Waals surface area contributed by atoms with Gasteiger partial charge in [-0.1, -0.05) is 48.5 Å². The van der Waals surface area contributed by atoms with Crippen molar-refractivity contribution >= 4 is 5.97 Å². The molecular formula is C18H15NO3. The van der Waals surface area contributed by atoms with Crippen LogP contribution in [-0.2, 0) is 16.0 Å². The van der Waals surface area contributed by atoms with Gasteiger partial charge in [-0.3, -0.25) is 4.79 Å². The highest BCUT2D eigenvalue weighted by Gasteiger charge is 2.39. The third-order valence-electron chi connectivity index (χ3n) is 3.88. The van der Waals surface area contributed by atoms with Crippen molar-refractivity contribution in [2.75, 3.05) is 7.11 Å². The number of fused-ring (bicyclic) bond motifs is 1. The topological polar surface area (TPSA) is 59.3 Å². The van der Waals surface area contributed by atoms with Gasteiger partial charge in [-0.05, 0) is 5.56 Å². The second-order valence-electron chi connectivity index (χ2n) is 5.14. The lowest BCUT2D eigenvalue weighted by atomic mass is 9.85. The van der Waals surface area contributed by atoms with Gasteiger partial charge in [0, 0.05) is 18.2 Å². The fraction of sp³-hybridized carbons (Fsp3) is 0.222. The van der Waals surface area contributed by atoms with Crippen LogP contribution in [0.15, 0.2) is 48.5 Å². The molecule has 2 atom stereocenters. The van der Waals surface area contributed by atoms with Crippen molar-refractivity contribution in [3.8, 4) is 11.8 Å². The predicted molar refractivity (Wildman–Crippen MR) is 80.3 cm³/mol. The molecule has 3 rings (SSSR count). The Hall–Kier alpha value is -2.64. The van der Waals surface area contributed by atoms with Gasteiger partial charge >= 0.3 is 5.97 Å². The molecule has 0 saturated carbocycles. The number of rotatable bonds is 3. The van der Waals surface area contributed by atoms with Gasteiger partial charge in [0.05, 0.1) is 12.5 Å². The second kappa shape index (κ2) is 6.00. The highest BCUT2D eigenvalue weighted by molar-refractivity contribution is 5.84. The predicted octanol–water partition coefficient (Wildman–Crippen LogP) is 3.14. The van der Waals surface area contributed by atoms with Gasteiger partial charge in [-0.25, -0.2) is 0 Å². The maximum absolute atomic E-state index is 12.5. The Balaban J connectivity index is 2.10. The summed E-state index contributed by atoms with van der Waals surface area (Å²) in [5.74, 6) is -0.389. The first-order valence-corrected chi connectivity index (χ1v) is 7.04. The van der Waals surface area contributed by atoms with E-state index in [0.29, 0.717) is 11.3 Å². The summed E-state index contributed by atoms with van der Waals surface area (Å²) in [7, 11) is 1.58. The Labute approximate surface area is 128 Å². The number of carbonyl (C=O) groups excluding carboxylic acids is 1.